The lowest BCUT2D eigenvalue weighted by Gasteiger charge is -2.18. The summed E-state index contributed by atoms with van der Waals surface area (Å²) >= 11 is 0. The van der Waals surface area contributed by atoms with E-state index in [-0.39, 0.29) is 6.71 Å². The smallest absolute Gasteiger partial charge is 0.242 e. The van der Waals surface area contributed by atoms with Crippen molar-refractivity contribution in [2.75, 3.05) is 0 Å². The molecule has 32 heavy (non-hydrogen) atoms. The number of fused-ring (bicyclic) bond motifs is 9. The second kappa shape index (κ2) is 6.73. The maximum absolute atomic E-state index is 6.27. The molecule has 2 heterocycles. The Morgan fingerprint density at radius 1 is 0.469 bits per heavy atom. The minimum Gasteiger partial charge on any atom is -0.456 e. The number of rotatable bonds is 1. The molecular weight excluding hydrogens is 387 g/mol. The van der Waals surface area contributed by atoms with Gasteiger partial charge in [-0.1, -0.05) is 120 Å². The number of benzene rings is 5. The van der Waals surface area contributed by atoms with Gasteiger partial charge in [-0.3, -0.25) is 0 Å². The van der Waals surface area contributed by atoms with Gasteiger partial charge in [0.15, 0.2) is 0 Å². The Morgan fingerprint density at radius 2 is 1.12 bits per heavy atom. The van der Waals surface area contributed by atoms with Crippen molar-refractivity contribution < 1.29 is 4.42 Å². The zero-order chi connectivity index (χ0) is 21.1. The van der Waals surface area contributed by atoms with Gasteiger partial charge < -0.3 is 4.42 Å². The van der Waals surface area contributed by atoms with Crippen LogP contribution < -0.4 is 16.4 Å². The van der Waals surface area contributed by atoms with Gasteiger partial charge in [-0.2, -0.15) is 0 Å². The van der Waals surface area contributed by atoms with E-state index in [1.807, 2.05) is 6.07 Å². The average Bonchev–Trinajstić information content (AvgIpc) is 3.18. The van der Waals surface area contributed by atoms with Crippen molar-refractivity contribution in [3.8, 4) is 22.3 Å². The van der Waals surface area contributed by atoms with Crippen LogP contribution in [0.4, 0.5) is 0 Å². The van der Waals surface area contributed by atoms with Crippen molar-refractivity contribution in [1.82, 2.24) is 0 Å². The average molecular weight is 406 g/mol. The molecule has 0 saturated carbocycles. The van der Waals surface area contributed by atoms with E-state index in [4.69, 9.17) is 4.42 Å². The molecule has 0 N–H and O–H groups in total. The standard InChI is InChI=1S/C30H19BO/c1-2-10-20(11-3-1)31-25-15-7-4-12-21(25)22-18-19-28-30(24-14-6-9-17-27(24)32-28)29(22)23-13-5-8-16-26(23)31/h1-19H. The van der Waals surface area contributed by atoms with E-state index in [0.29, 0.717) is 0 Å². The van der Waals surface area contributed by atoms with Crippen LogP contribution >= 0.6 is 0 Å². The fraction of sp³-hybridized carbons (Fsp3) is 0. The van der Waals surface area contributed by atoms with Crippen molar-refractivity contribution in [3.63, 3.8) is 0 Å². The maximum Gasteiger partial charge on any atom is 0.242 e. The van der Waals surface area contributed by atoms with Crippen LogP contribution in [0.25, 0.3) is 44.2 Å². The fourth-order valence-electron chi connectivity index (χ4n) is 5.46. The van der Waals surface area contributed by atoms with E-state index in [2.05, 4.69) is 109 Å². The SMILES string of the molecule is c1ccc(B2c3ccccc3-c3ccc4oc5ccccc5c4c3-c3ccccc32)cc1. The lowest BCUT2D eigenvalue weighted by Crippen LogP contribution is -2.52. The van der Waals surface area contributed by atoms with Crippen LogP contribution in [0.1, 0.15) is 0 Å². The van der Waals surface area contributed by atoms with Crippen molar-refractivity contribution in [3.05, 3.63) is 115 Å². The minimum absolute atomic E-state index is 0.171. The Balaban J connectivity index is 1.70. The first kappa shape index (κ1) is 17.6. The number of hydrogen-bond donors (Lipinski definition) is 0. The normalized spacial score (nSPS) is 12.3. The highest BCUT2D eigenvalue weighted by atomic mass is 16.3. The highest BCUT2D eigenvalue weighted by Crippen LogP contribution is 2.43. The van der Waals surface area contributed by atoms with E-state index in [1.165, 1.54) is 49.4 Å². The van der Waals surface area contributed by atoms with E-state index in [0.717, 1.165) is 11.2 Å². The highest BCUT2D eigenvalue weighted by molar-refractivity contribution is 6.97. The molecule has 0 radical (unpaired) electrons. The number of para-hydroxylation sites is 1. The third kappa shape index (κ3) is 2.41. The van der Waals surface area contributed by atoms with Gasteiger partial charge in [-0.05, 0) is 28.8 Å². The third-order valence-corrected chi connectivity index (χ3v) is 6.78. The van der Waals surface area contributed by atoms with Gasteiger partial charge in [-0.15, -0.1) is 0 Å². The zero-order valence-corrected chi connectivity index (χ0v) is 17.5. The van der Waals surface area contributed by atoms with Crippen LogP contribution in [0.15, 0.2) is 120 Å². The lowest BCUT2D eigenvalue weighted by atomic mass is 9.36. The summed E-state index contributed by atoms with van der Waals surface area (Å²) in [5, 5.41) is 2.37. The van der Waals surface area contributed by atoms with E-state index in [9.17, 15) is 0 Å². The summed E-state index contributed by atoms with van der Waals surface area (Å²) < 4.78 is 6.27. The first-order valence-corrected chi connectivity index (χ1v) is 11.1. The largest absolute Gasteiger partial charge is 0.456 e. The van der Waals surface area contributed by atoms with Crippen LogP contribution in [0.2, 0.25) is 0 Å². The summed E-state index contributed by atoms with van der Waals surface area (Å²) in [6, 6.07) is 41.4. The summed E-state index contributed by atoms with van der Waals surface area (Å²) in [4.78, 5) is 0. The van der Waals surface area contributed by atoms with Crippen molar-refractivity contribution in [2.45, 2.75) is 0 Å². The Bertz CT molecular complexity index is 1630. The first-order chi connectivity index (χ1) is 15.9. The molecule has 0 bridgehead atoms. The van der Waals surface area contributed by atoms with Crippen LogP contribution in [0.3, 0.4) is 0 Å². The molecule has 0 fully saturated rings. The van der Waals surface area contributed by atoms with Crippen LogP contribution in [0.5, 0.6) is 0 Å². The number of hydrogen-bond acceptors (Lipinski definition) is 1. The van der Waals surface area contributed by atoms with E-state index < -0.39 is 0 Å². The molecule has 0 aliphatic carbocycles. The third-order valence-electron chi connectivity index (χ3n) is 6.78. The molecule has 0 spiro atoms. The topological polar surface area (TPSA) is 13.1 Å². The summed E-state index contributed by atoms with van der Waals surface area (Å²) in [6.45, 7) is 0.171. The zero-order valence-electron chi connectivity index (χ0n) is 17.5. The summed E-state index contributed by atoms with van der Waals surface area (Å²) in [5.74, 6) is 0. The summed E-state index contributed by atoms with van der Waals surface area (Å²) in [7, 11) is 0. The predicted octanol–water partition coefficient (Wildman–Crippen LogP) is 5.75. The molecule has 1 nitrogen and oxygen atoms in total. The van der Waals surface area contributed by atoms with Gasteiger partial charge in [0.2, 0.25) is 6.71 Å². The molecule has 0 unspecified atom stereocenters. The molecule has 1 aliphatic rings. The second-order valence-corrected chi connectivity index (χ2v) is 8.48. The molecule has 2 heteroatoms. The maximum atomic E-state index is 6.27. The first-order valence-electron chi connectivity index (χ1n) is 11.1. The van der Waals surface area contributed by atoms with E-state index in [1.54, 1.807) is 0 Å². The predicted molar refractivity (Wildman–Crippen MR) is 136 cm³/mol. The molecule has 1 aliphatic heterocycles. The Labute approximate surface area is 187 Å². The quantitative estimate of drug-likeness (QED) is 0.317. The van der Waals surface area contributed by atoms with Crippen LogP contribution in [-0.2, 0) is 0 Å². The van der Waals surface area contributed by atoms with Crippen LogP contribution in [0, 0.1) is 0 Å². The monoisotopic (exact) mass is 406 g/mol. The van der Waals surface area contributed by atoms with Crippen molar-refractivity contribution >= 4 is 45.0 Å². The molecule has 0 saturated heterocycles. The highest BCUT2D eigenvalue weighted by Gasteiger charge is 2.32. The van der Waals surface area contributed by atoms with Gasteiger partial charge in [-0.25, -0.2) is 0 Å². The molecule has 5 aromatic carbocycles. The molecule has 7 rings (SSSR count). The summed E-state index contributed by atoms with van der Waals surface area (Å²) in [6.07, 6.45) is 0. The fourth-order valence-corrected chi connectivity index (χ4v) is 5.46. The van der Waals surface area contributed by atoms with Gasteiger partial charge >= 0.3 is 0 Å². The lowest BCUT2D eigenvalue weighted by molar-refractivity contribution is 0.669. The molecule has 6 aromatic rings. The molecule has 0 amide bonds. The Kier molecular flexibility index (Phi) is 3.71. The van der Waals surface area contributed by atoms with Crippen molar-refractivity contribution in [2.24, 2.45) is 0 Å². The van der Waals surface area contributed by atoms with Gasteiger partial charge in [0.25, 0.3) is 0 Å². The Hall–Kier alpha value is -4.04. The van der Waals surface area contributed by atoms with Crippen LogP contribution in [-0.4, -0.2) is 6.71 Å². The van der Waals surface area contributed by atoms with Crippen molar-refractivity contribution in [1.29, 1.82) is 0 Å². The van der Waals surface area contributed by atoms with E-state index >= 15 is 0 Å². The molecular formula is C30H19BO. The van der Waals surface area contributed by atoms with Gasteiger partial charge in [0.1, 0.15) is 11.2 Å². The van der Waals surface area contributed by atoms with Gasteiger partial charge in [0.05, 0.1) is 0 Å². The summed E-state index contributed by atoms with van der Waals surface area (Å²) in [5.41, 5.74) is 11.0. The minimum atomic E-state index is 0.171. The Morgan fingerprint density at radius 3 is 1.97 bits per heavy atom. The number of furan rings is 1. The molecule has 1 aromatic heterocycles. The molecule has 0 atom stereocenters. The second-order valence-electron chi connectivity index (χ2n) is 8.48. The molecule has 148 valence electrons. The van der Waals surface area contributed by atoms with Gasteiger partial charge in [0, 0.05) is 16.3 Å².